The van der Waals surface area contributed by atoms with Crippen molar-refractivity contribution in [3.63, 3.8) is 0 Å². The first-order valence-corrected chi connectivity index (χ1v) is 6.72. The van der Waals surface area contributed by atoms with Crippen LogP contribution < -0.4 is 5.73 Å². The lowest BCUT2D eigenvalue weighted by Crippen LogP contribution is -2.35. The molecule has 0 bridgehead atoms. The van der Waals surface area contributed by atoms with Gasteiger partial charge < -0.3 is 10.6 Å². The molecule has 2 unspecified atom stereocenters. The Morgan fingerprint density at radius 3 is 2.63 bits per heavy atom. The van der Waals surface area contributed by atoms with Crippen molar-refractivity contribution >= 4 is 24.0 Å². The van der Waals surface area contributed by atoms with Crippen LogP contribution in [-0.4, -0.2) is 23.4 Å². The topological polar surface area (TPSA) is 46.3 Å². The molecule has 1 aromatic carbocycles. The Morgan fingerprint density at radius 1 is 1.37 bits per heavy atom. The van der Waals surface area contributed by atoms with Gasteiger partial charge in [-0.3, -0.25) is 4.79 Å². The molecule has 1 aromatic rings. The summed E-state index contributed by atoms with van der Waals surface area (Å²) >= 11 is 0. The van der Waals surface area contributed by atoms with Crippen molar-refractivity contribution in [1.82, 2.24) is 4.90 Å². The van der Waals surface area contributed by atoms with Gasteiger partial charge in [0.2, 0.25) is 5.91 Å². The van der Waals surface area contributed by atoms with Gasteiger partial charge in [0.25, 0.3) is 0 Å². The van der Waals surface area contributed by atoms with Crippen LogP contribution in [0.2, 0.25) is 0 Å². The van der Waals surface area contributed by atoms with Crippen LogP contribution in [-0.2, 0) is 11.2 Å². The Hall–Kier alpha value is -1.22. The number of anilines is 1. The molecule has 1 aliphatic rings. The van der Waals surface area contributed by atoms with Crippen LogP contribution >= 0.6 is 12.4 Å². The van der Waals surface area contributed by atoms with Gasteiger partial charge in [0, 0.05) is 24.7 Å². The molecule has 2 atom stereocenters. The van der Waals surface area contributed by atoms with Gasteiger partial charge in [0.1, 0.15) is 0 Å². The van der Waals surface area contributed by atoms with Gasteiger partial charge in [-0.2, -0.15) is 0 Å². The maximum atomic E-state index is 12.2. The number of halogens is 1. The third-order valence-corrected chi connectivity index (χ3v) is 4.12. The first kappa shape index (κ1) is 15.8. The van der Waals surface area contributed by atoms with Crippen molar-refractivity contribution in [3.8, 4) is 0 Å². The van der Waals surface area contributed by atoms with E-state index in [0.29, 0.717) is 18.4 Å². The minimum Gasteiger partial charge on any atom is -0.399 e. The van der Waals surface area contributed by atoms with Crippen molar-refractivity contribution < 1.29 is 4.79 Å². The van der Waals surface area contributed by atoms with Crippen molar-refractivity contribution in [1.29, 1.82) is 0 Å². The van der Waals surface area contributed by atoms with Crippen LogP contribution in [0.15, 0.2) is 24.3 Å². The second kappa shape index (κ2) is 6.80. The average Bonchev–Trinajstić information content (AvgIpc) is 2.69. The van der Waals surface area contributed by atoms with Gasteiger partial charge in [-0.05, 0) is 37.3 Å². The monoisotopic (exact) mass is 282 g/mol. The molecule has 1 saturated heterocycles. The molecule has 0 radical (unpaired) electrons. The maximum absolute atomic E-state index is 12.2. The van der Waals surface area contributed by atoms with E-state index >= 15 is 0 Å². The minimum atomic E-state index is 0. The highest BCUT2D eigenvalue weighted by molar-refractivity contribution is 5.85. The van der Waals surface area contributed by atoms with Crippen molar-refractivity contribution in [2.45, 2.75) is 39.2 Å². The molecule has 19 heavy (non-hydrogen) atoms. The Bertz CT molecular complexity index is 436. The Morgan fingerprint density at radius 2 is 2.05 bits per heavy atom. The highest BCUT2D eigenvalue weighted by atomic mass is 35.5. The number of benzene rings is 1. The second-order valence-corrected chi connectivity index (χ2v) is 5.29. The molecule has 2 N–H and O–H groups in total. The van der Waals surface area contributed by atoms with Crippen molar-refractivity contribution in [2.24, 2.45) is 5.92 Å². The highest BCUT2D eigenvalue weighted by Gasteiger charge is 2.30. The number of carbonyl (C=O) groups is 1. The Kier molecular flexibility index (Phi) is 5.67. The van der Waals surface area contributed by atoms with E-state index < -0.39 is 0 Å². The van der Waals surface area contributed by atoms with E-state index in [1.54, 1.807) is 0 Å². The van der Waals surface area contributed by atoms with Crippen LogP contribution in [0.3, 0.4) is 0 Å². The summed E-state index contributed by atoms with van der Waals surface area (Å²) < 4.78 is 0. The van der Waals surface area contributed by atoms with E-state index in [-0.39, 0.29) is 18.3 Å². The number of para-hydroxylation sites is 1. The van der Waals surface area contributed by atoms with E-state index in [1.165, 1.54) is 0 Å². The summed E-state index contributed by atoms with van der Waals surface area (Å²) in [5.41, 5.74) is 7.74. The van der Waals surface area contributed by atoms with Gasteiger partial charge in [-0.15, -0.1) is 12.4 Å². The zero-order valence-electron chi connectivity index (χ0n) is 11.6. The number of hydrogen-bond donors (Lipinski definition) is 1. The molecule has 0 aromatic heterocycles. The number of amides is 1. The molecule has 3 nitrogen and oxygen atoms in total. The number of carbonyl (C=O) groups excluding carboxylic acids is 1. The van der Waals surface area contributed by atoms with Crippen LogP contribution in [0.25, 0.3) is 0 Å². The molecular weight excluding hydrogens is 260 g/mol. The van der Waals surface area contributed by atoms with Gasteiger partial charge in [0.05, 0.1) is 0 Å². The van der Waals surface area contributed by atoms with E-state index in [9.17, 15) is 4.79 Å². The average molecular weight is 283 g/mol. The molecule has 1 amide bonds. The van der Waals surface area contributed by atoms with E-state index in [0.717, 1.165) is 30.6 Å². The first-order chi connectivity index (χ1) is 8.59. The number of likely N-dealkylation sites (tertiary alicyclic amines) is 1. The fourth-order valence-corrected chi connectivity index (χ4v) is 2.59. The fourth-order valence-electron chi connectivity index (χ4n) is 2.59. The third kappa shape index (κ3) is 3.63. The van der Waals surface area contributed by atoms with Crippen LogP contribution in [0.5, 0.6) is 0 Å². The van der Waals surface area contributed by atoms with Crippen LogP contribution in [0.4, 0.5) is 5.69 Å². The van der Waals surface area contributed by atoms with E-state index in [1.807, 2.05) is 29.2 Å². The number of nitrogen functional groups attached to an aromatic ring is 1. The molecule has 1 fully saturated rings. The predicted octanol–water partition coefficient (Wildman–Crippen LogP) is 2.88. The summed E-state index contributed by atoms with van der Waals surface area (Å²) in [4.78, 5) is 14.2. The quantitative estimate of drug-likeness (QED) is 0.867. The first-order valence-electron chi connectivity index (χ1n) is 6.72. The number of nitrogens with zero attached hydrogens (tertiary/aromatic N) is 1. The fraction of sp³-hybridized carbons (Fsp3) is 0.533. The van der Waals surface area contributed by atoms with Crippen molar-refractivity contribution in [3.05, 3.63) is 29.8 Å². The lowest BCUT2D eigenvalue weighted by molar-refractivity contribution is -0.131. The van der Waals surface area contributed by atoms with E-state index in [4.69, 9.17) is 5.73 Å². The molecule has 106 valence electrons. The number of nitrogens with two attached hydrogens (primary N) is 1. The molecule has 1 aliphatic heterocycles. The maximum Gasteiger partial charge on any atom is 0.223 e. The summed E-state index contributed by atoms with van der Waals surface area (Å²) in [6.45, 7) is 5.27. The zero-order valence-corrected chi connectivity index (χ0v) is 12.5. The van der Waals surface area contributed by atoms with Gasteiger partial charge in [0.15, 0.2) is 0 Å². The summed E-state index contributed by atoms with van der Waals surface area (Å²) in [7, 11) is 0. The molecular formula is C15H23ClN2O. The molecule has 0 spiro atoms. The molecule has 1 heterocycles. The summed E-state index contributed by atoms with van der Waals surface area (Å²) in [5.74, 6) is 0.880. The third-order valence-electron chi connectivity index (χ3n) is 4.12. The molecule has 0 saturated carbocycles. The zero-order chi connectivity index (χ0) is 13.1. The largest absolute Gasteiger partial charge is 0.399 e. The van der Waals surface area contributed by atoms with Gasteiger partial charge in [-0.1, -0.05) is 25.1 Å². The SMILES string of the molecule is CC1CCN(C(=O)CCc2ccccc2N)C1C.Cl. The second-order valence-electron chi connectivity index (χ2n) is 5.29. The molecule has 2 rings (SSSR count). The molecule has 4 heteroatoms. The summed E-state index contributed by atoms with van der Waals surface area (Å²) in [6, 6.07) is 8.16. The molecule has 0 aliphatic carbocycles. The summed E-state index contributed by atoms with van der Waals surface area (Å²) in [5, 5.41) is 0. The van der Waals surface area contributed by atoms with Gasteiger partial charge >= 0.3 is 0 Å². The highest BCUT2D eigenvalue weighted by Crippen LogP contribution is 2.24. The Labute approximate surface area is 121 Å². The van der Waals surface area contributed by atoms with Crippen LogP contribution in [0.1, 0.15) is 32.3 Å². The van der Waals surface area contributed by atoms with E-state index in [2.05, 4.69) is 13.8 Å². The Balaban J connectivity index is 0.00000180. The number of hydrogen-bond acceptors (Lipinski definition) is 2. The lowest BCUT2D eigenvalue weighted by atomic mass is 10.0. The summed E-state index contributed by atoms with van der Waals surface area (Å²) in [6.07, 6.45) is 2.43. The number of rotatable bonds is 3. The predicted molar refractivity (Wildman–Crippen MR) is 81.4 cm³/mol. The van der Waals surface area contributed by atoms with Gasteiger partial charge in [-0.25, -0.2) is 0 Å². The normalized spacial score (nSPS) is 22.1. The van der Waals surface area contributed by atoms with Crippen molar-refractivity contribution in [2.75, 3.05) is 12.3 Å². The number of aryl methyl sites for hydroxylation is 1. The van der Waals surface area contributed by atoms with Crippen LogP contribution in [0, 0.1) is 5.92 Å². The minimum absolute atomic E-state index is 0. The lowest BCUT2D eigenvalue weighted by Gasteiger charge is -2.23. The smallest absolute Gasteiger partial charge is 0.223 e. The standard InChI is InChI=1S/C15H22N2O.ClH/c1-11-9-10-17(12(11)2)15(18)8-7-13-5-3-4-6-14(13)16;/h3-6,11-12H,7-10,16H2,1-2H3;1H.